The first-order valence-electron chi connectivity index (χ1n) is 6.87. The third-order valence-electron chi connectivity index (χ3n) is 2.65. The summed E-state index contributed by atoms with van der Waals surface area (Å²) in [5.74, 6) is 0.148. The van der Waals surface area contributed by atoms with Gasteiger partial charge in [-0.25, -0.2) is 9.18 Å². The van der Waals surface area contributed by atoms with Crippen LogP contribution in [0.5, 0.6) is 0 Å². The van der Waals surface area contributed by atoms with Crippen molar-refractivity contribution < 1.29 is 13.9 Å². The van der Waals surface area contributed by atoms with Crippen molar-refractivity contribution in [3.05, 3.63) is 29.6 Å². The van der Waals surface area contributed by atoms with Gasteiger partial charge in [0.2, 0.25) is 0 Å². The summed E-state index contributed by atoms with van der Waals surface area (Å²) in [5.41, 5.74) is 1.31. The van der Waals surface area contributed by atoms with E-state index in [2.05, 4.69) is 24.5 Å². The normalized spacial score (nSPS) is 10.7. The number of carbonyl (C=O) groups excluding carboxylic acids is 1. The lowest BCUT2D eigenvalue weighted by molar-refractivity contribution is 0.108. The summed E-state index contributed by atoms with van der Waals surface area (Å²) >= 11 is 0. The topological polar surface area (TPSA) is 50.4 Å². The molecule has 4 nitrogen and oxygen atoms in total. The van der Waals surface area contributed by atoms with Crippen LogP contribution in [-0.2, 0) is 4.74 Å². The quantitative estimate of drug-likeness (QED) is 0.754. The fourth-order valence-corrected chi connectivity index (χ4v) is 1.59. The van der Waals surface area contributed by atoms with E-state index in [0.717, 1.165) is 18.6 Å². The van der Waals surface area contributed by atoms with Gasteiger partial charge in [0.25, 0.3) is 0 Å². The lowest BCUT2D eigenvalue weighted by Gasteiger charge is -2.10. The third-order valence-corrected chi connectivity index (χ3v) is 2.65. The fraction of sp³-hybridized carbons (Fsp3) is 0.533. The molecule has 112 valence electrons. The van der Waals surface area contributed by atoms with Crippen LogP contribution in [0, 0.1) is 18.7 Å². The Morgan fingerprint density at radius 2 is 2.15 bits per heavy atom. The first-order valence-corrected chi connectivity index (χ1v) is 6.87. The third kappa shape index (κ3) is 6.52. The summed E-state index contributed by atoms with van der Waals surface area (Å²) in [5, 5.41) is 5.34. The van der Waals surface area contributed by atoms with Crippen molar-refractivity contribution >= 4 is 11.7 Å². The molecule has 0 radical (unpaired) electrons. The van der Waals surface area contributed by atoms with Crippen LogP contribution in [0.25, 0.3) is 0 Å². The number of aryl methyl sites for hydroxylation is 1. The Morgan fingerprint density at radius 3 is 2.85 bits per heavy atom. The Balaban J connectivity index is 2.22. The average Bonchev–Trinajstić information content (AvgIpc) is 2.37. The van der Waals surface area contributed by atoms with Gasteiger partial charge in [0.15, 0.2) is 0 Å². The molecule has 0 aromatic heterocycles. The molecule has 0 heterocycles. The van der Waals surface area contributed by atoms with Crippen molar-refractivity contribution in [2.24, 2.45) is 5.92 Å². The zero-order chi connectivity index (χ0) is 15.0. The number of anilines is 1. The van der Waals surface area contributed by atoms with E-state index in [1.54, 1.807) is 6.07 Å². The highest BCUT2D eigenvalue weighted by atomic mass is 19.1. The molecular weight excluding hydrogens is 259 g/mol. The molecule has 1 rings (SSSR count). The van der Waals surface area contributed by atoms with Gasteiger partial charge >= 0.3 is 6.03 Å². The van der Waals surface area contributed by atoms with E-state index >= 15 is 0 Å². The molecule has 0 unspecified atom stereocenters. The number of rotatable bonds is 7. The zero-order valence-corrected chi connectivity index (χ0v) is 12.3. The van der Waals surface area contributed by atoms with Gasteiger partial charge in [-0.05, 0) is 37.0 Å². The fourth-order valence-electron chi connectivity index (χ4n) is 1.59. The molecule has 0 saturated carbocycles. The molecule has 0 aliphatic rings. The molecule has 0 atom stereocenters. The Morgan fingerprint density at radius 1 is 1.40 bits per heavy atom. The number of hydrogen-bond acceptors (Lipinski definition) is 2. The molecular formula is C15H23FN2O2. The summed E-state index contributed by atoms with van der Waals surface area (Å²) in [4.78, 5) is 11.6. The second kappa shape index (κ2) is 8.53. The highest BCUT2D eigenvalue weighted by Gasteiger charge is 2.05. The molecule has 0 bridgehead atoms. The molecule has 5 heteroatoms. The van der Waals surface area contributed by atoms with E-state index in [0.29, 0.717) is 24.8 Å². The van der Waals surface area contributed by atoms with Crippen LogP contribution in [0.2, 0.25) is 0 Å². The monoisotopic (exact) mass is 282 g/mol. The highest BCUT2D eigenvalue weighted by molar-refractivity contribution is 5.89. The number of amides is 2. The van der Waals surface area contributed by atoms with Gasteiger partial charge in [-0.15, -0.1) is 0 Å². The Labute approximate surface area is 119 Å². The number of ether oxygens (including phenoxy) is 1. The number of benzene rings is 1. The first kappa shape index (κ1) is 16.4. The first-order chi connectivity index (χ1) is 9.49. The molecule has 1 aromatic carbocycles. The number of urea groups is 1. The molecule has 2 N–H and O–H groups in total. The summed E-state index contributed by atoms with van der Waals surface area (Å²) in [6.07, 6.45) is 0.752. The summed E-state index contributed by atoms with van der Waals surface area (Å²) in [7, 11) is 0. The van der Waals surface area contributed by atoms with E-state index < -0.39 is 0 Å². The highest BCUT2D eigenvalue weighted by Crippen LogP contribution is 2.15. The van der Waals surface area contributed by atoms with Gasteiger partial charge in [-0.3, -0.25) is 0 Å². The summed E-state index contributed by atoms with van der Waals surface area (Å²) in [6.45, 7) is 7.87. The van der Waals surface area contributed by atoms with E-state index in [-0.39, 0.29) is 11.8 Å². The largest absolute Gasteiger partial charge is 0.381 e. The molecule has 2 amide bonds. The lowest BCUT2D eigenvalue weighted by Crippen LogP contribution is -2.30. The van der Waals surface area contributed by atoms with E-state index in [9.17, 15) is 9.18 Å². The van der Waals surface area contributed by atoms with Gasteiger partial charge in [-0.2, -0.15) is 0 Å². The Hall–Kier alpha value is -1.62. The predicted octanol–water partition coefficient (Wildman–Crippen LogP) is 3.32. The van der Waals surface area contributed by atoms with Crippen LogP contribution >= 0.6 is 0 Å². The zero-order valence-electron chi connectivity index (χ0n) is 12.3. The average molecular weight is 282 g/mol. The number of halogens is 1. The molecule has 20 heavy (non-hydrogen) atoms. The minimum Gasteiger partial charge on any atom is -0.381 e. The second-order valence-corrected chi connectivity index (χ2v) is 5.16. The van der Waals surface area contributed by atoms with E-state index in [1.165, 1.54) is 12.1 Å². The van der Waals surface area contributed by atoms with Crippen molar-refractivity contribution in [3.63, 3.8) is 0 Å². The van der Waals surface area contributed by atoms with E-state index in [4.69, 9.17) is 4.74 Å². The van der Waals surface area contributed by atoms with Crippen molar-refractivity contribution in [2.45, 2.75) is 27.2 Å². The van der Waals surface area contributed by atoms with Crippen LogP contribution in [0.3, 0.4) is 0 Å². The summed E-state index contributed by atoms with van der Waals surface area (Å²) in [6, 6.07) is 3.97. The van der Waals surface area contributed by atoms with Crippen molar-refractivity contribution in [1.29, 1.82) is 0 Å². The number of hydrogen-bond donors (Lipinski definition) is 2. The lowest BCUT2D eigenvalue weighted by atomic mass is 10.2. The second-order valence-electron chi connectivity index (χ2n) is 5.16. The van der Waals surface area contributed by atoms with Crippen molar-refractivity contribution in [1.82, 2.24) is 5.32 Å². The maximum Gasteiger partial charge on any atom is 0.319 e. The molecule has 0 aliphatic heterocycles. The van der Waals surface area contributed by atoms with Gasteiger partial charge in [-0.1, -0.05) is 19.9 Å². The van der Waals surface area contributed by atoms with Crippen molar-refractivity contribution in [2.75, 3.05) is 25.1 Å². The molecule has 0 spiro atoms. The predicted molar refractivity (Wildman–Crippen MR) is 78.4 cm³/mol. The van der Waals surface area contributed by atoms with E-state index in [1.807, 2.05) is 6.92 Å². The molecule has 1 aromatic rings. The number of carbonyl (C=O) groups is 1. The van der Waals surface area contributed by atoms with Gasteiger partial charge in [0.1, 0.15) is 5.82 Å². The van der Waals surface area contributed by atoms with Gasteiger partial charge < -0.3 is 15.4 Å². The van der Waals surface area contributed by atoms with Crippen LogP contribution in [0.1, 0.15) is 25.8 Å². The van der Waals surface area contributed by atoms with Crippen LogP contribution in [0.4, 0.5) is 14.9 Å². The SMILES string of the molecule is Cc1ccc(F)cc1NC(=O)NCCCOCC(C)C. The molecule has 0 aliphatic carbocycles. The Bertz CT molecular complexity index is 436. The summed E-state index contributed by atoms with van der Waals surface area (Å²) < 4.78 is 18.5. The maximum atomic E-state index is 13.1. The van der Waals surface area contributed by atoms with Gasteiger partial charge in [0, 0.05) is 25.4 Å². The van der Waals surface area contributed by atoms with Crippen LogP contribution in [-0.4, -0.2) is 25.8 Å². The van der Waals surface area contributed by atoms with Gasteiger partial charge in [0.05, 0.1) is 0 Å². The Kier molecular flexibility index (Phi) is 7.01. The standard InChI is InChI=1S/C15H23FN2O2/c1-11(2)10-20-8-4-7-17-15(19)18-14-9-13(16)6-5-12(14)3/h5-6,9,11H,4,7-8,10H2,1-3H3,(H2,17,18,19). The maximum absolute atomic E-state index is 13.1. The van der Waals surface area contributed by atoms with Crippen LogP contribution < -0.4 is 10.6 Å². The van der Waals surface area contributed by atoms with Crippen LogP contribution in [0.15, 0.2) is 18.2 Å². The molecule has 0 fully saturated rings. The minimum atomic E-state index is -0.368. The number of nitrogens with one attached hydrogen (secondary N) is 2. The smallest absolute Gasteiger partial charge is 0.319 e. The minimum absolute atomic E-state index is 0.331. The molecule has 0 saturated heterocycles. The van der Waals surface area contributed by atoms with Crippen molar-refractivity contribution in [3.8, 4) is 0 Å².